The number of hydrogen-bond acceptors (Lipinski definition) is 3. The Labute approximate surface area is 169 Å². The summed E-state index contributed by atoms with van der Waals surface area (Å²) in [6.45, 7) is 1.62. The highest BCUT2D eigenvalue weighted by atomic mass is 35.5. The maximum absolute atomic E-state index is 11.8. The predicted molar refractivity (Wildman–Crippen MR) is 111 cm³/mol. The predicted octanol–water partition coefficient (Wildman–Crippen LogP) is 3.77. The van der Waals surface area contributed by atoms with Crippen molar-refractivity contribution in [3.63, 3.8) is 0 Å². The molecular weight excluding hydrogens is 383 g/mol. The molecule has 1 fully saturated rings. The highest BCUT2D eigenvalue weighted by molar-refractivity contribution is 6.30. The third-order valence-electron chi connectivity index (χ3n) is 5.21. The van der Waals surface area contributed by atoms with Crippen molar-refractivity contribution < 1.29 is 4.79 Å². The number of carbonyl (C=O) groups is 1. The average molecular weight is 405 g/mol. The molecule has 4 rings (SSSR count). The van der Waals surface area contributed by atoms with Gasteiger partial charge in [-0.25, -0.2) is 0 Å². The Hall–Kier alpha value is -2.08. The van der Waals surface area contributed by atoms with Gasteiger partial charge >= 0.3 is 0 Å². The van der Waals surface area contributed by atoms with Gasteiger partial charge in [-0.3, -0.25) is 9.78 Å². The first-order valence-electron chi connectivity index (χ1n) is 8.86. The molecule has 1 aromatic carbocycles. The van der Waals surface area contributed by atoms with Crippen LogP contribution in [-0.2, 0) is 4.79 Å². The lowest BCUT2D eigenvalue weighted by atomic mass is 9.89. The van der Waals surface area contributed by atoms with Gasteiger partial charge in [-0.2, -0.15) is 0 Å². The summed E-state index contributed by atoms with van der Waals surface area (Å²) in [6, 6.07) is 9.90. The molecule has 27 heavy (non-hydrogen) atoms. The molecule has 0 saturated carbocycles. The molecule has 0 bridgehead atoms. The Morgan fingerprint density at radius 3 is 2.56 bits per heavy atom. The number of fused-ring (bicyclic) bond motifs is 1. The Morgan fingerprint density at radius 1 is 1.19 bits per heavy atom. The monoisotopic (exact) mass is 404 g/mol. The summed E-state index contributed by atoms with van der Waals surface area (Å²) >= 11 is 6.03. The van der Waals surface area contributed by atoms with Gasteiger partial charge in [0.1, 0.15) is 0 Å². The van der Waals surface area contributed by atoms with E-state index in [0.29, 0.717) is 5.92 Å². The van der Waals surface area contributed by atoms with Crippen molar-refractivity contribution in [2.45, 2.75) is 18.8 Å². The summed E-state index contributed by atoms with van der Waals surface area (Å²) in [5.41, 5.74) is 8.96. The van der Waals surface area contributed by atoms with Crippen molar-refractivity contribution in [3.05, 3.63) is 59.5 Å². The molecule has 5 nitrogen and oxygen atoms in total. The van der Waals surface area contributed by atoms with Crippen molar-refractivity contribution in [2.24, 2.45) is 5.73 Å². The number of likely N-dealkylation sites (tertiary alicyclic amines) is 1. The first-order valence-corrected chi connectivity index (χ1v) is 9.24. The van der Waals surface area contributed by atoms with Crippen LogP contribution in [0.5, 0.6) is 0 Å². The zero-order chi connectivity index (χ0) is 18.1. The Bertz CT molecular complexity index is 931. The number of halogens is 2. The van der Waals surface area contributed by atoms with Crippen LogP contribution in [0.1, 0.15) is 24.3 Å². The minimum atomic E-state index is 0. The summed E-state index contributed by atoms with van der Waals surface area (Å²) in [7, 11) is 0. The minimum absolute atomic E-state index is 0. The molecule has 3 aromatic rings. The number of amides is 1. The molecule has 0 unspecified atom stereocenters. The smallest absolute Gasteiger partial charge is 0.236 e. The van der Waals surface area contributed by atoms with Gasteiger partial charge in [-0.15, -0.1) is 12.4 Å². The summed E-state index contributed by atoms with van der Waals surface area (Å²) < 4.78 is 2.17. The number of carbonyl (C=O) groups excluding carboxylic acids is 1. The average Bonchev–Trinajstić information content (AvgIpc) is 3.08. The lowest BCUT2D eigenvalue weighted by Gasteiger charge is -2.31. The van der Waals surface area contributed by atoms with E-state index >= 15 is 0 Å². The number of rotatable bonds is 3. The van der Waals surface area contributed by atoms with Crippen molar-refractivity contribution >= 4 is 40.8 Å². The number of nitrogens with zero attached hydrogens (tertiary/aromatic N) is 3. The van der Waals surface area contributed by atoms with E-state index in [2.05, 4.69) is 21.8 Å². The molecule has 2 N–H and O–H groups in total. The topological polar surface area (TPSA) is 64.2 Å². The molecule has 2 aromatic heterocycles. The number of nitrogens with two attached hydrogens (primary N) is 1. The lowest BCUT2D eigenvalue weighted by molar-refractivity contribution is -0.130. The van der Waals surface area contributed by atoms with E-state index in [1.807, 2.05) is 41.6 Å². The van der Waals surface area contributed by atoms with E-state index < -0.39 is 0 Å². The molecular formula is C20H22Cl2N4O. The molecule has 0 atom stereocenters. The Balaban J connectivity index is 0.00000210. The van der Waals surface area contributed by atoms with Crippen molar-refractivity contribution in [3.8, 4) is 5.69 Å². The van der Waals surface area contributed by atoms with E-state index in [1.54, 1.807) is 0 Å². The Kier molecular flexibility index (Phi) is 6.05. The highest BCUT2D eigenvalue weighted by Gasteiger charge is 2.25. The number of pyridine rings is 1. The van der Waals surface area contributed by atoms with Crippen LogP contribution in [0.15, 0.2) is 48.9 Å². The van der Waals surface area contributed by atoms with Crippen LogP contribution in [0, 0.1) is 0 Å². The molecule has 7 heteroatoms. The zero-order valence-corrected chi connectivity index (χ0v) is 16.4. The van der Waals surface area contributed by atoms with Gasteiger partial charge in [-0.05, 0) is 54.7 Å². The van der Waals surface area contributed by atoms with E-state index in [-0.39, 0.29) is 24.9 Å². The molecule has 0 radical (unpaired) electrons. The SMILES string of the molecule is Cl.NCC(=O)N1CCC(c2cn(-c3ccc(Cl)cc3)c3cnccc23)CC1. The fourth-order valence-corrected chi connectivity index (χ4v) is 3.94. The van der Waals surface area contributed by atoms with Crippen LogP contribution in [0.2, 0.25) is 5.02 Å². The van der Waals surface area contributed by atoms with Gasteiger partial charge in [-0.1, -0.05) is 11.6 Å². The van der Waals surface area contributed by atoms with E-state index in [1.165, 1.54) is 10.9 Å². The standard InChI is InChI=1S/C20H21ClN4O.ClH/c21-15-1-3-16(4-2-15)25-13-18(17-5-8-23-12-19(17)25)14-6-9-24(10-7-14)20(26)11-22;/h1-5,8,12-14H,6-7,9-11,22H2;1H. The van der Waals surface area contributed by atoms with Crippen LogP contribution >= 0.6 is 24.0 Å². The van der Waals surface area contributed by atoms with Gasteiger partial charge in [0.2, 0.25) is 5.91 Å². The van der Waals surface area contributed by atoms with E-state index in [0.717, 1.165) is 42.2 Å². The summed E-state index contributed by atoms with van der Waals surface area (Å²) in [6.07, 6.45) is 7.86. The maximum Gasteiger partial charge on any atom is 0.236 e. The number of piperidine rings is 1. The van der Waals surface area contributed by atoms with Gasteiger partial charge in [0.05, 0.1) is 18.3 Å². The molecule has 142 valence electrons. The van der Waals surface area contributed by atoms with Crippen LogP contribution in [0.4, 0.5) is 0 Å². The minimum Gasteiger partial charge on any atom is -0.342 e. The van der Waals surface area contributed by atoms with E-state index in [9.17, 15) is 4.79 Å². The second kappa shape index (κ2) is 8.30. The third kappa shape index (κ3) is 3.81. The molecule has 1 aliphatic heterocycles. The molecule has 0 aliphatic carbocycles. The first-order chi connectivity index (χ1) is 12.7. The quantitative estimate of drug-likeness (QED) is 0.722. The largest absolute Gasteiger partial charge is 0.342 e. The second-order valence-corrected chi connectivity index (χ2v) is 7.12. The van der Waals surface area contributed by atoms with E-state index in [4.69, 9.17) is 17.3 Å². The summed E-state index contributed by atoms with van der Waals surface area (Å²) in [5, 5.41) is 1.94. The summed E-state index contributed by atoms with van der Waals surface area (Å²) in [5.74, 6) is 0.464. The van der Waals surface area contributed by atoms with Crippen molar-refractivity contribution in [1.82, 2.24) is 14.5 Å². The molecule has 1 saturated heterocycles. The van der Waals surface area contributed by atoms with Gasteiger partial charge < -0.3 is 15.2 Å². The number of aromatic nitrogens is 2. The van der Waals surface area contributed by atoms with Crippen LogP contribution in [-0.4, -0.2) is 40.0 Å². The van der Waals surface area contributed by atoms with Crippen LogP contribution in [0.25, 0.3) is 16.6 Å². The third-order valence-corrected chi connectivity index (χ3v) is 5.46. The molecule has 1 aliphatic rings. The van der Waals surface area contributed by atoms with Gasteiger partial charge in [0.15, 0.2) is 0 Å². The van der Waals surface area contributed by atoms with Gasteiger partial charge in [0.25, 0.3) is 0 Å². The fraction of sp³-hybridized carbons (Fsp3) is 0.300. The Morgan fingerprint density at radius 2 is 1.89 bits per heavy atom. The number of benzene rings is 1. The van der Waals surface area contributed by atoms with Gasteiger partial charge in [0, 0.05) is 41.6 Å². The molecule has 1 amide bonds. The van der Waals surface area contributed by atoms with Crippen molar-refractivity contribution in [2.75, 3.05) is 19.6 Å². The van der Waals surface area contributed by atoms with Crippen LogP contribution < -0.4 is 5.73 Å². The first kappa shape index (κ1) is 19.7. The second-order valence-electron chi connectivity index (χ2n) is 6.68. The highest BCUT2D eigenvalue weighted by Crippen LogP contribution is 2.35. The van der Waals surface area contributed by atoms with Crippen molar-refractivity contribution in [1.29, 1.82) is 0 Å². The molecule has 3 heterocycles. The summed E-state index contributed by atoms with van der Waals surface area (Å²) in [4.78, 5) is 18.0. The zero-order valence-electron chi connectivity index (χ0n) is 14.8. The lowest BCUT2D eigenvalue weighted by Crippen LogP contribution is -2.41. The molecule has 0 spiro atoms. The fourth-order valence-electron chi connectivity index (χ4n) is 3.81. The number of hydrogen-bond donors (Lipinski definition) is 1. The maximum atomic E-state index is 11.8. The van der Waals surface area contributed by atoms with Crippen LogP contribution in [0.3, 0.4) is 0 Å². The normalized spacial score (nSPS) is 15.0.